The van der Waals surface area contributed by atoms with Crippen molar-refractivity contribution in [3.8, 4) is 0 Å². The van der Waals surface area contributed by atoms with Gasteiger partial charge >= 0.3 is 0 Å². The number of nitrogens with zero attached hydrogens (tertiary/aromatic N) is 1. The van der Waals surface area contributed by atoms with Gasteiger partial charge in [-0.05, 0) is 48.7 Å². The van der Waals surface area contributed by atoms with E-state index < -0.39 is 0 Å². The molecule has 4 atom stereocenters. The first kappa shape index (κ1) is 7.60. The molecule has 2 heteroatoms. The zero-order chi connectivity index (χ0) is 9.00. The summed E-state index contributed by atoms with van der Waals surface area (Å²) in [6, 6.07) is 0.488. The predicted octanol–water partition coefficient (Wildman–Crippen LogP) is 1.94. The SMILES string of the molecule is CC1NN=CC2=C1C1CC(C)C2C1. The summed E-state index contributed by atoms with van der Waals surface area (Å²) in [5.74, 6) is 2.58. The Morgan fingerprint density at radius 1 is 1.38 bits per heavy atom. The molecule has 0 aromatic carbocycles. The lowest BCUT2D eigenvalue weighted by Crippen LogP contribution is -2.32. The number of nitrogens with one attached hydrogen (secondary N) is 1. The Kier molecular flexibility index (Phi) is 1.38. The van der Waals surface area contributed by atoms with Gasteiger partial charge in [0, 0.05) is 0 Å². The summed E-state index contributed by atoms with van der Waals surface area (Å²) >= 11 is 0. The molecule has 1 saturated carbocycles. The fourth-order valence-corrected chi connectivity index (χ4v) is 3.45. The van der Waals surface area contributed by atoms with Crippen molar-refractivity contribution in [2.24, 2.45) is 22.9 Å². The Balaban J connectivity index is 2.06. The molecule has 0 spiro atoms. The maximum Gasteiger partial charge on any atom is 0.0630 e. The van der Waals surface area contributed by atoms with Gasteiger partial charge < -0.3 is 5.43 Å². The summed E-state index contributed by atoms with van der Waals surface area (Å²) in [4.78, 5) is 0. The van der Waals surface area contributed by atoms with Crippen LogP contribution in [0.15, 0.2) is 16.2 Å². The molecule has 0 radical (unpaired) electrons. The first-order valence-electron chi connectivity index (χ1n) is 5.30. The van der Waals surface area contributed by atoms with Gasteiger partial charge in [-0.1, -0.05) is 6.92 Å². The standard InChI is InChI=1S/C11H16N2/c1-6-3-8-4-9(6)10-5-12-13-7(2)11(8)10/h5-9,13H,3-4H2,1-2H3. The van der Waals surface area contributed by atoms with Crippen molar-refractivity contribution in [2.45, 2.75) is 32.7 Å². The molecule has 1 fully saturated rings. The van der Waals surface area contributed by atoms with Crippen LogP contribution in [0.2, 0.25) is 0 Å². The number of hydrazone groups is 1. The highest BCUT2D eigenvalue weighted by Crippen LogP contribution is 2.52. The van der Waals surface area contributed by atoms with Gasteiger partial charge in [-0.15, -0.1) is 0 Å². The van der Waals surface area contributed by atoms with Crippen LogP contribution in [0.25, 0.3) is 0 Å². The van der Waals surface area contributed by atoms with Gasteiger partial charge in [0.1, 0.15) is 0 Å². The monoisotopic (exact) mass is 176 g/mol. The Morgan fingerprint density at radius 3 is 3.08 bits per heavy atom. The van der Waals surface area contributed by atoms with Crippen molar-refractivity contribution < 1.29 is 0 Å². The molecule has 13 heavy (non-hydrogen) atoms. The smallest absolute Gasteiger partial charge is 0.0630 e. The van der Waals surface area contributed by atoms with E-state index >= 15 is 0 Å². The number of rotatable bonds is 0. The van der Waals surface area contributed by atoms with E-state index in [1.807, 2.05) is 0 Å². The molecule has 2 bridgehead atoms. The van der Waals surface area contributed by atoms with Crippen LogP contribution in [0.4, 0.5) is 0 Å². The molecule has 0 amide bonds. The number of hydrogen-bond donors (Lipinski definition) is 1. The summed E-state index contributed by atoms with van der Waals surface area (Å²) in [6.45, 7) is 4.62. The minimum absolute atomic E-state index is 0.488. The van der Waals surface area contributed by atoms with Crippen LogP contribution >= 0.6 is 0 Å². The van der Waals surface area contributed by atoms with E-state index in [1.54, 1.807) is 11.1 Å². The second-order valence-electron chi connectivity index (χ2n) is 4.77. The third-order valence-corrected chi connectivity index (χ3v) is 3.99. The van der Waals surface area contributed by atoms with Crippen LogP contribution in [0, 0.1) is 17.8 Å². The molecule has 2 aliphatic carbocycles. The molecule has 70 valence electrons. The molecule has 3 aliphatic rings. The highest BCUT2D eigenvalue weighted by atomic mass is 15.3. The minimum Gasteiger partial charge on any atom is -0.303 e. The summed E-state index contributed by atoms with van der Waals surface area (Å²) in [7, 11) is 0. The van der Waals surface area contributed by atoms with Crippen LogP contribution in [0.1, 0.15) is 26.7 Å². The van der Waals surface area contributed by atoms with Gasteiger partial charge in [0.15, 0.2) is 0 Å². The molecule has 1 heterocycles. The number of fused-ring (bicyclic) bond motifs is 4. The van der Waals surface area contributed by atoms with Gasteiger partial charge in [-0.3, -0.25) is 0 Å². The van der Waals surface area contributed by atoms with Gasteiger partial charge in [0.25, 0.3) is 0 Å². The lowest BCUT2D eigenvalue weighted by Gasteiger charge is -2.29. The normalized spacial score (nSPS) is 46.6. The van der Waals surface area contributed by atoms with Crippen molar-refractivity contribution in [1.29, 1.82) is 0 Å². The van der Waals surface area contributed by atoms with Crippen LogP contribution in [-0.4, -0.2) is 12.3 Å². The minimum atomic E-state index is 0.488. The molecule has 3 rings (SSSR count). The molecular weight excluding hydrogens is 160 g/mol. The Labute approximate surface area is 79.1 Å². The van der Waals surface area contributed by atoms with Crippen molar-refractivity contribution in [3.05, 3.63) is 11.1 Å². The quantitative estimate of drug-likeness (QED) is 0.599. The first-order chi connectivity index (χ1) is 6.27. The Morgan fingerprint density at radius 2 is 2.23 bits per heavy atom. The molecule has 0 saturated heterocycles. The molecule has 4 unspecified atom stereocenters. The summed E-state index contributed by atoms with van der Waals surface area (Å²) in [5.41, 5.74) is 6.39. The number of allylic oxidation sites excluding steroid dienone is 1. The maximum atomic E-state index is 4.22. The van der Waals surface area contributed by atoms with E-state index in [4.69, 9.17) is 0 Å². The van der Waals surface area contributed by atoms with E-state index in [9.17, 15) is 0 Å². The summed E-state index contributed by atoms with van der Waals surface area (Å²) in [6.07, 6.45) is 4.86. The van der Waals surface area contributed by atoms with Crippen molar-refractivity contribution in [2.75, 3.05) is 0 Å². The third kappa shape index (κ3) is 0.862. The second kappa shape index (κ2) is 2.37. The Hall–Kier alpha value is -0.790. The highest BCUT2D eigenvalue weighted by molar-refractivity contribution is 5.83. The largest absolute Gasteiger partial charge is 0.303 e. The fourth-order valence-electron chi connectivity index (χ4n) is 3.45. The topological polar surface area (TPSA) is 24.4 Å². The molecule has 0 aromatic heterocycles. The van der Waals surface area contributed by atoms with E-state index in [-0.39, 0.29) is 0 Å². The van der Waals surface area contributed by atoms with Crippen molar-refractivity contribution >= 4 is 6.21 Å². The molecule has 0 aromatic rings. The van der Waals surface area contributed by atoms with Crippen LogP contribution in [0.3, 0.4) is 0 Å². The lowest BCUT2D eigenvalue weighted by molar-refractivity contribution is 0.452. The van der Waals surface area contributed by atoms with Gasteiger partial charge in [-0.2, -0.15) is 5.10 Å². The van der Waals surface area contributed by atoms with E-state index in [0.717, 1.165) is 17.8 Å². The zero-order valence-electron chi connectivity index (χ0n) is 8.25. The highest BCUT2D eigenvalue weighted by Gasteiger charge is 2.45. The maximum absolute atomic E-state index is 4.22. The van der Waals surface area contributed by atoms with Crippen LogP contribution in [-0.2, 0) is 0 Å². The third-order valence-electron chi connectivity index (χ3n) is 3.99. The van der Waals surface area contributed by atoms with Crippen LogP contribution < -0.4 is 5.43 Å². The molecule has 1 aliphatic heterocycles. The second-order valence-corrected chi connectivity index (χ2v) is 4.77. The first-order valence-corrected chi connectivity index (χ1v) is 5.30. The van der Waals surface area contributed by atoms with Crippen molar-refractivity contribution in [3.63, 3.8) is 0 Å². The van der Waals surface area contributed by atoms with E-state index in [0.29, 0.717) is 6.04 Å². The summed E-state index contributed by atoms with van der Waals surface area (Å²) < 4.78 is 0. The zero-order valence-corrected chi connectivity index (χ0v) is 8.25. The summed E-state index contributed by atoms with van der Waals surface area (Å²) in [5, 5.41) is 4.22. The number of hydrogen-bond acceptors (Lipinski definition) is 2. The average Bonchev–Trinajstić information content (AvgIpc) is 2.61. The van der Waals surface area contributed by atoms with Crippen LogP contribution in [0.5, 0.6) is 0 Å². The Bertz CT molecular complexity index is 303. The molecule has 1 N–H and O–H groups in total. The lowest BCUT2D eigenvalue weighted by atomic mass is 9.82. The van der Waals surface area contributed by atoms with Gasteiger partial charge in [0.2, 0.25) is 0 Å². The van der Waals surface area contributed by atoms with Crippen molar-refractivity contribution in [1.82, 2.24) is 5.43 Å². The van der Waals surface area contributed by atoms with Gasteiger partial charge in [0.05, 0.1) is 12.3 Å². The van der Waals surface area contributed by atoms with E-state index in [2.05, 4.69) is 30.6 Å². The fraction of sp³-hybridized carbons (Fsp3) is 0.727. The van der Waals surface area contributed by atoms with E-state index in [1.165, 1.54) is 12.8 Å². The molecular formula is C11H16N2. The van der Waals surface area contributed by atoms with Gasteiger partial charge in [-0.25, -0.2) is 0 Å². The molecule has 2 nitrogen and oxygen atoms in total. The average molecular weight is 176 g/mol. The predicted molar refractivity (Wildman–Crippen MR) is 53.5 cm³/mol.